The minimum atomic E-state index is -3.88. The first-order valence-corrected chi connectivity index (χ1v) is 7.58. The highest BCUT2D eigenvalue weighted by Gasteiger charge is 2.12. The Morgan fingerprint density at radius 3 is 2.43 bits per heavy atom. The average Bonchev–Trinajstić information content (AvgIpc) is 2.36. The van der Waals surface area contributed by atoms with Crippen molar-refractivity contribution in [3.8, 4) is 11.5 Å². The summed E-state index contributed by atoms with van der Waals surface area (Å²) in [5.41, 5.74) is 0.777. The molecule has 0 atom stereocenters. The van der Waals surface area contributed by atoms with Gasteiger partial charge in [0, 0.05) is 17.8 Å². The number of rotatable bonds is 3. The molecule has 0 unspecified atom stereocenters. The van der Waals surface area contributed by atoms with Crippen LogP contribution in [-0.4, -0.2) is 24.8 Å². The molecule has 0 heterocycles. The van der Waals surface area contributed by atoms with Gasteiger partial charge in [-0.05, 0) is 30.3 Å². The molecule has 0 amide bonds. The summed E-state index contributed by atoms with van der Waals surface area (Å²) in [6, 6.07) is 8.08. The number of hydrogen-bond acceptors (Lipinski definition) is 5. The third-order valence-electron chi connectivity index (χ3n) is 2.59. The Kier molecular flexibility index (Phi) is 4.17. The van der Waals surface area contributed by atoms with Gasteiger partial charge in [-0.25, -0.2) is 13.6 Å². The zero-order chi connectivity index (χ0) is 15.6. The number of phenols is 2. The Morgan fingerprint density at radius 1 is 1.14 bits per heavy atom. The van der Waals surface area contributed by atoms with Crippen molar-refractivity contribution >= 4 is 33.5 Å². The van der Waals surface area contributed by atoms with Gasteiger partial charge >= 0.3 is 0 Å². The third-order valence-corrected chi connectivity index (χ3v) is 3.98. The van der Waals surface area contributed by atoms with Crippen molar-refractivity contribution in [2.75, 3.05) is 0 Å². The Bertz CT molecular complexity index is 819. The zero-order valence-electron chi connectivity index (χ0n) is 10.6. The van der Waals surface area contributed by atoms with Gasteiger partial charge in [-0.15, -0.1) is 0 Å². The number of hydrogen-bond donors (Lipinski definition) is 3. The standard InChI is InChI=1S/C13H11ClN2O4S/c14-11-5-9(2-4-13(11)21(15,19)20)16-7-8-1-3-10(17)6-12(8)18/h1-7,17-18H,(H2,15,19,20). The van der Waals surface area contributed by atoms with Gasteiger partial charge in [-0.2, -0.15) is 0 Å². The fourth-order valence-corrected chi connectivity index (χ4v) is 2.67. The third kappa shape index (κ3) is 3.72. The van der Waals surface area contributed by atoms with E-state index in [1.807, 2.05) is 0 Å². The molecule has 21 heavy (non-hydrogen) atoms. The first-order valence-electron chi connectivity index (χ1n) is 5.66. The maximum atomic E-state index is 11.2. The molecule has 0 fully saturated rings. The molecule has 0 spiro atoms. The quantitative estimate of drug-likeness (QED) is 0.750. The van der Waals surface area contributed by atoms with E-state index in [9.17, 15) is 18.6 Å². The Morgan fingerprint density at radius 2 is 1.86 bits per heavy atom. The molecular formula is C13H11ClN2O4S. The fourth-order valence-electron chi connectivity index (χ4n) is 1.59. The molecule has 8 heteroatoms. The van der Waals surface area contributed by atoms with Crippen LogP contribution < -0.4 is 5.14 Å². The van der Waals surface area contributed by atoms with E-state index in [1.165, 1.54) is 42.6 Å². The number of phenolic OH excluding ortho intramolecular Hbond substituents is 2. The normalized spacial score (nSPS) is 11.9. The van der Waals surface area contributed by atoms with E-state index in [0.717, 1.165) is 0 Å². The van der Waals surface area contributed by atoms with E-state index in [2.05, 4.69) is 4.99 Å². The van der Waals surface area contributed by atoms with Crippen molar-refractivity contribution in [1.29, 1.82) is 0 Å². The minimum absolute atomic E-state index is 0.0397. The van der Waals surface area contributed by atoms with Gasteiger partial charge in [0.2, 0.25) is 10.0 Å². The minimum Gasteiger partial charge on any atom is -0.508 e. The van der Waals surface area contributed by atoms with Crippen LogP contribution >= 0.6 is 11.6 Å². The van der Waals surface area contributed by atoms with Crippen molar-refractivity contribution in [3.05, 3.63) is 47.0 Å². The number of aromatic hydroxyl groups is 2. The lowest BCUT2D eigenvalue weighted by Crippen LogP contribution is -2.12. The molecular weight excluding hydrogens is 316 g/mol. The molecule has 0 aliphatic rings. The maximum absolute atomic E-state index is 11.2. The number of nitrogens with two attached hydrogens (primary N) is 1. The predicted octanol–water partition coefficient (Wildman–Crippen LogP) is 2.15. The molecule has 0 saturated carbocycles. The number of aliphatic imine (C=N–C) groups is 1. The Balaban J connectivity index is 2.32. The maximum Gasteiger partial charge on any atom is 0.239 e. The van der Waals surface area contributed by atoms with E-state index in [-0.39, 0.29) is 21.4 Å². The summed E-state index contributed by atoms with van der Waals surface area (Å²) in [5.74, 6) is -0.198. The molecule has 0 radical (unpaired) electrons. The highest BCUT2D eigenvalue weighted by Crippen LogP contribution is 2.26. The smallest absolute Gasteiger partial charge is 0.239 e. The fraction of sp³-hybridized carbons (Fsp3) is 0. The lowest BCUT2D eigenvalue weighted by molar-refractivity contribution is 0.450. The zero-order valence-corrected chi connectivity index (χ0v) is 12.1. The molecule has 110 valence electrons. The SMILES string of the molecule is NS(=O)(=O)c1ccc(N=Cc2ccc(O)cc2O)cc1Cl. The first-order chi connectivity index (χ1) is 9.77. The topological polar surface area (TPSA) is 113 Å². The van der Waals surface area contributed by atoms with Crippen LogP contribution in [0.15, 0.2) is 46.3 Å². The number of sulfonamides is 1. The molecule has 2 aromatic rings. The van der Waals surface area contributed by atoms with Gasteiger partial charge in [0.05, 0.1) is 10.7 Å². The van der Waals surface area contributed by atoms with Crippen molar-refractivity contribution < 1.29 is 18.6 Å². The van der Waals surface area contributed by atoms with Gasteiger partial charge in [-0.3, -0.25) is 4.99 Å². The van der Waals surface area contributed by atoms with Crippen LogP contribution in [0, 0.1) is 0 Å². The molecule has 0 bridgehead atoms. The Labute approximate surface area is 126 Å². The van der Waals surface area contributed by atoms with Crippen LogP contribution in [0.3, 0.4) is 0 Å². The molecule has 2 rings (SSSR count). The van der Waals surface area contributed by atoms with Crippen molar-refractivity contribution in [3.63, 3.8) is 0 Å². The van der Waals surface area contributed by atoms with Gasteiger partial charge in [0.25, 0.3) is 0 Å². The monoisotopic (exact) mass is 326 g/mol. The summed E-state index contributed by atoms with van der Waals surface area (Å²) in [6.07, 6.45) is 1.36. The number of halogens is 1. The van der Waals surface area contributed by atoms with E-state index < -0.39 is 10.0 Å². The lowest BCUT2D eigenvalue weighted by atomic mass is 10.2. The highest BCUT2D eigenvalue weighted by atomic mass is 35.5. The van der Waals surface area contributed by atoms with Gasteiger partial charge < -0.3 is 10.2 Å². The van der Waals surface area contributed by atoms with E-state index in [1.54, 1.807) is 0 Å². The van der Waals surface area contributed by atoms with Crippen molar-refractivity contribution in [1.82, 2.24) is 0 Å². The molecule has 2 aromatic carbocycles. The van der Waals surface area contributed by atoms with Crippen molar-refractivity contribution in [2.24, 2.45) is 10.1 Å². The van der Waals surface area contributed by atoms with Crippen molar-refractivity contribution in [2.45, 2.75) is 4.90 Å². The molecule has 0 aromatic heterocycles. The second-order valence-electron chi connectivity index (χ2n) is 4.16. The highest BCUT2D eigenvalue weighted by molar-refractivity contribution is 7.89. The average molecular weight is 327 g/mol. The molecule has 0 aliphatic carbocycles. The summed E-state index contributed by atoms with van der Waals surface area (Å²) in [6.45, 7) is 0. The summed E-state index contributed by atoms with van der Waals surface area (Å²) >= 11 is 5.83. The molecule has 6 nitrogen and oxygen atoms in total. The van der Waals surface area contributed by atoms with Gasteiger partial charge in [0.15, 0.2) is 0 Å². The van der Waals surface area contributed by atoms with Crippen LogP contribution in [-0.2, 0) is 10.0 Å². The van der Waals surface area contributed by atoms with Crippen LogP contribution in [0.4, 0.5) is 5.69 Å². The first kappa shape index (κ1) is 15.3. The van der Waals surface area contributed by atoms with Crippen LogP contribution in [0.5, 0.6) is 11.5 Å². The number of nitrogens with zero attached hydrogens (tertiary/aromatic N) is 1. The molecule has 4 N–H and O–H groups in total. The second-order valence-corrected chi connectivity index (χ2v) is 6.10. The van der Waals surface area contributed by atoms with E-state index >= 15 is 0 Å². The van der Waals surface area contributed by atoms with Gasteiger partial charge in [-0.1, -0.05) is 11.6 Å². The van der Waals surface area contributed by atoms with E-state index in [0.29, 0.717) is 11.3 Å². The summed E-state index contributed by atoms with van der Waals surface area (Å²) in [4.78, 5) is 3.88. The Hall–Kier alpha value is -2.09. The van der Waals surface area contributed by atoms with Crippen LogP contribution in [0.25, 0.3) is 0 Å². The predicted molar refractivity (Wildman–Crippen MR) is 79.9 cm³/mol. The molecule has 0 saturated heterocycles. The van der Waals surface area contributed by atoms with E-state index in [4.69, 9.17) is 16.7 Å². The summed E-state index contributed by atoms with van der Waals surface area (Å²) in [7, 11) is -3.88. The van der Waals surface area contributed by atoms with Crippen LogP contribution in [0.2, 0.25) is 5.02 Å². The second kappa shape index (κ2) is 5.72. The largest absolute Gasteiger partial charge is 0.508 e. The van der Waals surface area contributed by atoms with Gasteiger partial charge in [0.1, 0.15) is 16.4 Å². The molecule has 0 aliphatic heterocycles. The lowest BCUT2D eigenvalue weighted by Gasteiger charge is -2.03. The summed E-state index contributed by atoms with van der Waals surface area (Å²) < 4.78 is 22.4. The van der Waals surface area contributed by atoms with Crippen LogP contribution in [0.1, 0.15) is 5.56 Å². The summed E-state index contributed by atoms with van der Waals surface area (Å²) in [5, 5.41) is 23.7. The number of primary sulfonamides is 1. The number of benzene rings is 2.